The smallest absolute Gasteiger partial charge is 0.144 e. The Morgan fingerprint density at radius 3 is 2.26 bits per heavy atom. The molecule has 34 heavy (non-hydrogen) atoms. The number of carbonyl (C=O) groups excluding carboxylic acids is 1. The molecule has 3 N–H and O–H groups in total. The molecule has 3 fully saturated rings. The number of hydrogen-bond acceptors (Lipinski definition) is 4. The van der Waals surface area contributed by atoms with Crippen molar-refractivity contribution in [3.8, 4) is 0 Å². The molecular formula is C30H52O4. The number of aliphatic hydroxyl groups excluding tert-OH is 3. The van der Waals surface area contributed by atoms with Gasteiger partial charge in [-0.05, 0) is 92.8 Å². The number of allylic oxidation sites excluding steroid dienone is 2. The molecule has 0 amide bonds. The third-order valence-electron chi connectivity index (χ3n) is 11.3. The number of aliphatic hydroxyl groups is 3. The first-order chi connectivity index (χ1) is 15.8. The highest BCUT2D eigenvalue weighted by Crippen LogP contribution is 2.61. The number of carbonyl (C=O) groups is 1. The highest BCUT2D eigenvalue weighted by molar-refractivity contribution is 5.89. The molecule has 3 aliphatic rings. The maximum absolute atomic E-state index is 14.1. The molecule has 3 rings (SSSR count). The first-order valence-corrected chi connectivity index (χ1v) is 14.0. The normalized spacial score (nSPS) is 45.4. The summed E-state index contributed by atoms with van der Waals surface area (Å²) >= 11 is 0. The zero-order valence-electron chi connectivity index (χ0n) is 23.1. The summed E-state index contributed by atoms with van der Waals surface area (Å²) in [7, 11) is 0. The summed E-state index contributed by atoms with van der Waals surface area (Å²) in [4.78, 5) is 14.1. The van der Waals surface area contributed by atoms with E-state index in [0.717, 1.165) is 32.1 Å². The van der Waals surface area contributed by atoms with Gasteiger partial charge in [0.15, 0.2) is 0 Å². The van der Waals surface area contributed by atoms with E-state index in [0.29, 0.717) is 30.1 Å². The van der Waals surface area contributed by atoms with Crippen molar-refractivity contribution < 1.29 is 20.1 Å². The van der Waals surface area contributed by atoms with Crippen LogP contribution in [0.1, 0.15) is 93.9 Å². The zero-order chi connectivity index (χ0) is 25.6. The lowest BCUT2D eigenvalue weighted by Gasteiger charge is -2.55. The van der Waals surface area contributed by atoms with Crippen LogP contribution in [0.25, 0.3) is 0 Å². The Bertz CT molecular complexity index is 759. The van der Waals surface area contributed by atoms with Gasteiger partial charge in [0.2, 0.25) is 0 Å². The number of Topliss-reactive ketones (excluding diaryl/α,β-unsaturated/α-hetero) is 1. The van der Waals surface area contributed by atoms with E-state index in [-0.39, 0.29) is 41.5 Å². The molecule has 0 saturated heterocycles. The highest BCUT2D eigenvalue weighted by Gasteiger charge is 2.61. The van der Waals surface area contributed by atoms with Crippen LogP contribution >= 0.6 is 0 Å². The topological polar surface area (TPSA) is 77.8 Å². The van der Waals surface area contributed by atoms with Crippen LogP contribution in [0, 0.1) is 58.2 Å². The van der Waals surface area contributed by atoms with Crippen LogP contribution in [-0.2, 0) is 4.79 Å². The predicted molar refractivity (Wildman–Crippen MR) is 138 cm³/mol. The minimum Gasteiger partial charge on any atom is -0.396 e. The van der Waals surface area contributed by atoms with Crippen molar-refractivity contribution in [2.24, 2.45) is 58.2 Å². The molecule has 4 nitrogen and oxygen atoms in total. The van der Waals surface area contributed by atoms with Crippen molar-refractivity contribution in [2.75, 3.05) is 6.61 Å². The van der Waals surface area contributed by atoms with Crippen molar-refractivity contribution in [2.45, 2.75) is 106 Å². The summed E-state index contributed by atoms with van der Waals surface area (Å²) in [5.74, 6) is 2.47. The molecule has 196 valence electrons. The molecule has 0 aromatic rings. The predicted octanol–water partition coefficient (Wildman–Crippen LogP) is 5.64. The van der Waals surface area contributed by atoms with Gasteiger partial charge in [0, 0.05) is 18.9 Å². The van der Waals surface area contributed by atoms with Crippen LogP contribution in [0.15, 0.2) is 11.6 Å². The van der Waals surface area contributed by atoms with Gasteiger partial charge in [-0.1, -0.05) is 53.2 Å². The molecule has 11 atom stereocenters. The fraction of sp³-hybridized carbons (Fsp3) is 0.900. The van der Waals surface area contributed by atoms with Crippen LogP contribution in [0.3, 0.4) is 0 Å². The fourth-order valence-electron chi connectivity index (χ4n) is 8.57. The summed E-state index contributed by atoms with van der Waals surface area (Å²) < 4.78 is 0. The van der Waals surface area contributed by atoms with E-state index in [1.165, 1.54) is 5.57 Å². The van der Waals surface area contributed by atoms with Gasteiger partial charge in [0.05, 0.1) is 17.6 Å². The van der Waals surface area contributed by atoms with Gasteiger partial charge in [0.25, 0.3) is 0 Å². The van der Waals surface area contributed by atoms with Crippen molar-refractivity contribution >= 4 is 5.78 Å². The minimum absolute atomic E-state index is 0.0366. The molecule has 0 aromatic carbocycles. The van der Waals surface area contributed by atoms with Gasteiger partial charge in [-0.25, -0.2) is 0 Å². The van der Waals surface area contributed by atoms with E-state index < -0.39 is 17.6 Å². The minimum atomic E-state index is -0.776. The summed E-state index contributed by atoms with van der Waals surface area (Å²) in [6.07, 6.45) is 6.01. The lowest BCUT2D eigenvalue weighted by atomic mass is 9.49. The average Bonchev–Trinajstić information content (AvgIpc) is 3.10. The van der Waals surface area contributed by atoms with E-state index in [9.17, 15) is 20.1 Å². The summed E-state index contributed by atoms with van der Waals surface area (Å²) in [6, 6.07) is 0. The number of ketones is 1. The monoisotopic (exact) mass is 476 g/mol. The second-order valence-electron chi connectivity index (χ2n) is 13.2. The molecule has 0 aliphatic heterocycles. The summed E-state index contributed by atoms with van der Waals surface area (Å²) in [5.41, 5.74) is 0.578. The zero-order valence-corrected chi connectivity index (χ0v) is 23.1. The molecule has 3 aliphatic carbocycles. The number of hydrogen-bond donors (Lipinski definition) is 3. The quantitative estimate of drug-likeness (QED) is 0.416. The van der Waals surface area contributed by atoms with E-state index in [1.807, 2.05) is 13.8 Å². The summed E-state index contributed by atoms with van der Waals surface area (Å²) in [6.45, 7) is 17.9. The third-order valence-corrected chi connectivity index (χ3v) is 11.3. The van der Waals surface area contributed by atoms with Gasteiger partial charge >= 0.3 is 0 Å². The van der Waals surface area contributed by atoms with Crippen LogP contribution in [0.5, 0.6) is 0 Å². The molecular weight excluding hydrogens is 424 g/mol. The van der Waals surface area contributed by atoms with E-state index in [1.54, 1.807) is 0 Å². The van der Waals surface area contributed by atoms with Gasteiger partial charge in [-0.15, -0.1) is 0 Å². The van der Waals surface area contributed by atoms with E-state index in [2.05, 4.69) is 47.6 Å². The first-order valence-electron chi connectivity index (χ1n) is 14.0. The third kappa shape index (κ3) is 4.57. The van der Waals surface area contributed by atoms with E-state index in [4.69, 9.17) is 0 Å². The number of rotatable bonds is 7. The largest absolute Gasteiger partial charge is 0.396 e. The van der Waals surface area contributed by atoms with Crippen LogP contribution < -0.4 is 0 Å². The molecule has 0 radical (unpaired) electrons. The van der Waals surface area contributed by atoms with Crippen LogP contribution in [0.2, 0.25) is 0 Å². The van der Waals surface area contributed by atoms with E-state index >= 15 is 0 Å². The highest BCUT2D eigenvalue weighted by atomic mass is 16.3. The average molecular weight is 477 g/mol. The molecule has 0 bridgehead atoms. The van der Waals surface area contributed by atoms with Crippen molar-refractivity contribution in [1.82, 2.24) is 0 Å². The van der Waals surface area contributed by atoms with Crippen molar-refractivity contribution in [3.05, 3.63) is 11.6 Å². The van der Waals surface area contributed by atoms with Crippen LogP contribution in [-0.4, -0.2) is 39.9 Å². The Hall–Kier alpha value is -0.710. The van der Waals surface area contributed by atoms with Gasteiger partial charge in [0.1, 0.15) is 5.78 Å². The Morgan fingerprint density at radius 2 is 1.68 bits per heavy atom. The van der Waals surface area contributed by atoms with Gasteiger partial charge in [-0.2, -0.15) is 0 Å². The van der Waals surface area contributed by atoms with Gasteiger partial charge < -0.3 is 15.3 Å². The van der Waals surface area contributed by atoms with Crippen molar-refractivity contribution in [3.63, 3.8) is 0 Å². The standard InChI is InChI=1S/C30H52O4/c1-17(2)20(5)18(3)15-19(4)23-11-12-25(29(23,7)13-14-31)22-9-10-24-21(6)26(32)16-27(33)30(24,8)28(22)34/h15,17,19-27,31-33H,9-14,16H2,1-8H3. The first kappa shape index (κ1) is 27.9. The van der Waals surface area contributed by atoms with Crippen LogP contribution in [0.4, 0.5) is 0 Å². The van der Waals surface area contributed by atoms with Gasteiger partial charge in [-0.3, -0.25) is 4.79 Å². The molecule has 4 heteroatoms. The van der Waals surface area contributed by atoms with Crippen molar-refractivity contribution in [1.29, 1.82) is 0 Å². The Balaban J connectivity index is 1.89. The lowest BCUT2D eigenvalue weighted by Crippen LogP contribution is -2.60. The maximum Gasteiger partial charge on any atom is 0.144 e. The Kier molecular flexibility index (Phi) is 8.48. The fourth-order valence-corrected chi connectivity index (χ4v) is 8.57. The second-order valence-corrected chi connectivity index (χ2v) is 13.2. The summed E-state index contributed by atoms with van der Waals surface area (Å²) in [5, 5.41) is 31.6. The lowest BCUT2D eigenvalue weighted by molar-refractivity contribution is -0.174. The molecule has 0 aromatic heterocycles. The second kappa shape index (κ2) is 10.3. The number of fused-ring (bicyclic) bond motifs is 1. The molecule has 0 heterocycles. The molecule has 0 spiro atoms. The molecule has 11 unspecified atom stereocenters. The Morgan fingerprint density at radius 1 is 1.06 bits per heavy atom. The Labute approximate surface area is 208 Å². The maximum atomic E-state index is 14.1. The SMILES string of the molecule is CC(=CC(C)C1CCC(C2CCC3C(C)C(O)CC(O)C3(C)C2=O)C1(C)CCO)C(C)C(C)C. The molecule has 3 saturated carbocycles.